The molecule has 35 heavy (non-hydrogen) atoms. The van der Waals surface area contributed by atoms with E-state index in [9.17, 15) is 4.79 Å². The molecule has 1 amide bonds. The molecule has 1 aliphatic rings. The molecule has 4 aromatic heterocycles. The number of hydrogen-bond donors (Lipinski definition) is 1. The van der Waals surface area contributed by atoms with Crippen molar-refractivity contribution in [1.82, 2.24) is 34.4 Å². The van der Waals surface area contributed by atoms with Gasteiger partial charge < -0.3 is 9.88 Å². The minimum absolute atomic E-state index is 0.166. The van der Waals surface area contributed by atoms with Crippen LogP contribution in [0.2, 0.25) is 0 Å². The first-order valence-corrected chi connectivity index (χ1v) is 12.5. The molecule has 0 bridgehead atoms. The first-order valence-electron chi connectivity index (χ1n) is 12.5. The Balaban J connectivity index is 1.49. The number of nitrogens with one attached hydrogen (secondary N) is 1. The number of piperidine rings is 1. The summed E-state index contributed by atoms with van der Waals surface area (Å²) in [5.41, 5.74) is 10.0. The number of rotatable bonds is 5. The van der Waals surface area contributed by atoms with Crippen LogP contribution >= 0.6 is 0 Å². The number of aromatic amines is 1. The second-order valence-electron chi connectivity index (χ2n) is 10.4. The summed E-state index contributed by atoms with van der Waals surface area (Å²) in [5.74, 6) is 0.893. The zero-order valence-corrected chi connectivity index (χ0v) is 21.6. The maximum atomic E-state index is 12.1. The zero-order valence-electron chi connectivity index (χ0n) is 21.6. The number of likely N-dealkylation sites (N-methyl/N-ethyl adjacent to an activating group) is 1. The predicted molar refractivity (Wildman–Crippen MR) is 139 cm³/mol. The molecule has 5 heterocycles. The summed E-state index contributed by atoms with van der Waals surface area (Å²) < 4.78 is 1.86. The number of carbonyl (C=O) groups is 1. The van der Waals surface area contributed by atoms with Crippen molar-refractivity contribution in [1.29, 1.82) is 0 Å². The van der Waals surface area contributed by atoms with E-state index in [1.165, 1.54) is 11.1 Å². The maximum Gasteiger partial charge on any atom is 0.236 e. The molecular formula is C27H35N7O. The molecule has 0 radical (unpaired) electrons. The van der Waals surface area contributed by atoms with Gasteiger partial charge in [0.05, 0.1) is 23.3 Å². The summed E-state index contributed by atoms with van der Waals surface area (Å²) in [4.78, 5) is 29.3. The Bertz CT molecular complexity index is 1390. The summed E-state index contributed by atoms with van der Waals surface area (Å²) in [6, 6.07) is 4.36. The number of amides is 1. The number of likely N-dealkylation sites (tertiary alicyclic amines) is 1. The van der Waals surface area contributed by atoms with E-state index in [1.807, 2.05) is 18.6 Å². The lowest BCUT2D eigenvalue weighted by Gasteiger charge is -2.31. The van der Waals surface area contributed by atoms with Gasteiger partial charge in [-0.05, 0) is 69.0 Å². The van der Waals surface area contributed by atoms with Crippen LogP contribution in [0, 0.1) is 13.8 Å². The highest BCUT2D eigenvalue weighted by atomic mass is 16.2. The third-order valence-corrected chi connectivity index (χ3v) is 7.54. The SMILES string of the molecule is Cc1c(-c2[nH]c3ccc(C4CCN(CC(=O)N(C)C)CC4)nc3c2C(C)C)cn2ncnc2c1C. The Labute approximate surface area is 206 Å². The van der Waals surface area contributed by atoms with E-state index in [0.29, 0.717) is 18.4 Å². The molecule has 1 N–H and O–H groups in total. The summed E-state index contributed by atoms with van der Waals surface area (Å²) in [6.07, 6.45) is 5.73. The first-order chi connectivity index (χ1) is 16.7. The van der Waals surface area contributed by atoms with E-state index in [1.54, 1.807) is 11.2 Å². The highest BCUT2D eigenvalue weighted by molar-refractivity contribution is 5.89. The molecule has 8 heteroatoms. The molecular weight excluding hydrogens is 438 g/mol. The van der Waals surface area contributed by atoms with Crippen LogP contribution in [-0.4, -0.2) is 74.0 Å². The number of hydrogen-bond acceptors (Lipinski definition) is 5. The lowest BCUT2D eigenvalue weighted by atomic mass is 9.92. The van der Waals surface area contributed by atoms with Gasteiger partial charge in [-0.15, -0.1) is 0 Å². The van der Waals surface area contributed by atoms with Crippen LogP contribution in [0.4, 0.5) is 0 Å². The second kappa shape index (κ2) is 9.07. The average Bonchev–Trinajstić information content (AvgIpc) is 3.46. The van der Waals surface area contributed by atoms with Crippen LogP contribution in [0.3, 0.4) is 0 Å². The van der Waals surface area contributed by atoms with Gasteiger partial charge >= 0.3 is 0 Å². The number of nitrogens with zero attached hydrogens (tertiary/aromatic N) is 6. The van der Waals surface area contributed by atoms with Crippen LogP contribution in [0.5, 0.6) is 0 Å². The quantitative estimate of drug-likeness (QED) is 0.468. The van der Waals surface area contributed by atoms with Crippen LogP contribution in [0.25, 0.3) is 27.9 Å². The Morgan fingerprint density at radius 1 is 1.17 bits per heavy atom. The van der Waals surface area contributed by atoms with Crippen LogP contribution in [-0.2, 0) is 4.79 Å². The predicted octanol–water partition coefficient (Wildman–Crippen LogP) is 4.28. The van der Waals surface area contributed by atoms with Gasteiger partial charge in [0.25, 0.3) is 0 Å². The highest BCUT2D eigenvalue weighted by Gasteiger charge is 2.25. The van der Waals surface area contributed by atoms with Gasteiger partial charge in [0.1, 0.15) is 6.33 Å². The van der Waals surface area contributed by atoms with Gasteiger partial charge in [-0.25, -0.2) is 9.50 Å². The molecule has 8 nitrogen and oxygen atoms in total. The van der Waals surface area contributed by atoms with Gasteiger partial charge in [0, 0.05) is 43.0 Å². The molecule has 0 atom stereocenters. The molecule has 0 unspecified atom stereocenters. The Hall–Kier alpha value is -3.26. The highest BCUT2D eigenvalue weighted by Crippen LogP contribution is 2.38. The van der Waals surface area contributed by atoms with Crippen molar-refractivity contribution in [2.24, 2.45) is 0 Å². The second-order valence-corrected chi connectivity index (χ2v) is 10.4. The summed E-state index contributed by atoms with van der Waals surface area (Å²) in [7, 11) is 3.64. The van der Waals surface area contributed by atoms with E-state index in [4.69, 9.17) is 4.98 Å². The fourth-order valence-electron chi connectivity index (χ4n) is 5.28. The van der Waals surface area contributed by atoms with Gasteiger partial charge in [0.15, 0.2) is 5.65 Å². The number of carbonyl (C=O) groups excluding carboxylic acids is 1. The van der Waals surface area contributed by atoms with E-state index < -0.39 is 0 Å². The lowest BCUT2D eigenvalue weighted by molar-refractivity contribution is -0.130. The minimum atomic E-state index is 0.166. The first kappa shape index (κ1) is 23.5. The van der Waals surface area contributed by atoms with E-state index in [2.05, 4.69) is 66.0 Å². The molecule has 0 aromatic carbocycles. The number of aryl methyl sites for hydroxylation is 1. The van der Waals surface area contributed by atoms with Crippen LogP contribution in [0.15, 0.2) is 24.7 Å². The third-order valence-electron chi connectivity index (χ3n) is 7.54. The largest absolute Gasteiger partial charge is 0.353 e. The van der Waals surface area contributed by atoms with Gasteiger partial charge in [-0.1, -0.05) is 13.8 Å². The molecule has 1 fully saturated rings. The van der Waals surface area contributed by atoms with E-state index in [0.717, 1.165) is 65.1 Å². The fourth-order valence-corrected chi connectivity index (χ4v) is 5.28. The minimum Gasteiger partial charge on any atom is -0.353 e. The molecule has 1 saturated heterocycles. The standard InChI is InChI=1S/C27H35N7O/c1-16(2)24-25(20-13-34-27(28-15-29-34)18(4)17(20)3)31-22-8-7-21(30-26(22)24)19-9-11-33(12-10-19)14-23(35)32(5)6/h7-8,13,15-16,19,31H,9-12,14H2,1-6H3. The number of pyridine rings is 2. The molecule has 5 rings (SSSR count). The Morgan fingerprint density at radius 2 is 1.91 bits per heavy atom. The normalized spacial score (nSPS) is 15.5. The topological polar surface area (TPSA) is 82.4 Å². The Morgan fingerprint density at radius 3 is 2.60 bits per heavy atom. The van der Waals surface area contributed by atoms with Crippen LogP contribution in [0.1, 0.15) is 60.9 Å². The molecule has 4 aromatic rings. The smallest absolute Gasteiger partial charge is 0.236 e. The molecule has 184 valence electrons. The van der Waals surface area contributed by atoms with Crippen LogP contribution < -0.4 is 0 Å². The molecule has 0 aliphatic carbocycles. The van der Waals surface area contributed by atoms with Crippen molar-refractivity contribution >= 4 is 22.6 Å². The summed E-state index contributed by atoms with van der Waals surface area (Å²) in [6.45, 7) is 11.1. The van der Waals surface area contributed by atoms with Crippen molar-refractivity contribution in [3.63, 3.8) is 0 Å². The van der Waals surface area contributed by atoms with E-state index in [-0.39, 0.29) is 5.91 Å². The number of fused-ring (bicyclic) bond motifs is 2. The van der Waals surface area contributed by atoms with Crippen molar-refractivity contribution in [2.45, 2.75) is 52.4 Å². The number of H-pyrrole nitrogens is 1. The van der Waals surface area contributed by atoms with E-state index >= 15 is 0 Å². The fraction of sp³-hybridized carbons (Fsp3) is 0.481. The van der Waals surface area contributed by atoms with Crippen molar-refractivity contribution in [3.8, 4) is 11.3 Å². The molecule has 0 spiro atoms. The summed E-state index contributed by atoms with van der Waals surface area (Å²) in [5, 5.41) is 4.39. The van der Waals surface area contributed by atoms with Crippen molar-refractivity contribution < 1.29 is 4.79 Å². The third kappa shape index (κ3) is 4.20. The monoisotopic (exact) mass is 473 g/mol. The zero-order chi connectivity index (χ0) is 24.9. The average molecular weight is 474 g/mol. The molecule has 1 aliphatic heterocycles. The van der Waals surface area contributed by atoms with Gasteiger partial charge in [-0.3, -0.25) is 14.7 Å². The molecule has 0 saturated carbocycles. The maximum absolute atomic E-state index is 12.1. The summed E-state index contributed by atoms with van der Waals surface area (Å²) >= 11 is 0. The lowest BCUT2D eigenvalue weighted by Crippen LogP contribution is -2.40. The number of aromatic nitrogens is 5. The van der Waals surface area contributed by atoms with Gasteiger partial charge in [0.2, 0.25) is 5.91 Å². The van der Waals surface area contributed by atoms with Crippen molar-refractivity contribution in [3.05, 3.63) is 47.0 Å². The van der Waals surface area contributed by atoms with Gasteiger partial charge in [-0.2, -0.15) is 5.10 Å². The van der Waals surface area contributed by atoms with Crippen molar-refractivity contribution in [2.75, 3.05) is 33.7 Å². The Kier molecular flexibility index (Phi) is 6.09.